The van der Waals surface area contributed by atoms with Crippen LogP contribution in [0, 0.1) is 0 Å². The molecule has 47 heavy (non-hydrogen) atoms. The number of hydrogen-bond acceptors (Lipinski definition) is 4. The molecule has 3 aromatic heterocycles. The Morgan fingerprint density at radius 2 is 1.04 bits per heavy atom. The van der Waals surface area contributed by atoms with Crippen LogP contribution in [-0.2, 0) is 0 Å². The van der Waals surface area contributed by atoms with Crippen LogP contribution in [0.2, 0.25) is 0 Å². The van der Waals surface area contributed by atoms with Crippen molar-refractivity contribution in [3.63, 3.8) is 0 Å². The molecule has 9 rings (SSSR count). The standard InChI is InChI=1S/C39H23N3O3.2Li/c43-32-17-15-25(28-9-5-19-40-37(28)32)35-23-7-1-2-8-24(23)36(26-16-18-33(44)38-29(26)10-6-20-41-38)30-21-22(13-14-27(30)35)39-42-31-11-3-4-12-34(31)45-39;;/h1-21,43-44H;;/q;2*+1. The molecule has 0 saturated heterocycles. The second kappa shape index (κ2) is 11.9. The third-order valence-corrected chi connectivity index (χ3v) is 8.69. The van der Waals surface area contributed by atoms with Gasteiger partial charge in [-0.15, -0.1) is 0 Å². The van der Waals surface area contributed by atoms with Crippen molar-refractivity contribution in [2.24, 2.45) is 0 Å². The van der Waals surface area contributed by atoms with Crippen LogP contribution in [0.25, 0.3) is 88.2 Å². The van der Waals surface area contributed by atoms with Crippen LogP contribution < -0.4 is 57.9 Å². The number of H-pyrrole nitrogens is 2. The second-order valence-electron chi connectivity index (χ2n) is 11.2. The van der Waals surface area contributed by atoms with Crippen LogP contribution in [0.4, 0.5) is 0 Å². The summed E-state index contributed by atoms with van der Waals surface area (Å²) in [6.45, 7) is 0. The van der Waals surface area contributed by atoms with Gasteiger partial charge in [-0.2, -0.15) is 0 Å². The van der Waals surface area contributed by atoms with Crippen LogP contribution in [-0.4, -0.2) is 4.98 Å². The van der Waals surface area contributed by atoms with Crippen molar-refractivity contribution in [1.82, 2.24) is 4.98 Å². The number of hydrogen-bond donors (Lipinski definition) is 0. The molecule has 8 heteroatoms. The maximum absolute atomic E-state index is 12.9. The number of benzene rings is 6. The number of oxazole rings is 1. The van der Waals surface area contributed by atoms with Crippen molar-refractivity contribution >= 4 is 54.5 Å². The molecular formula is C39H23Li2N3O3+2. The minimum absolute atomic E-state index is 0. The maximum atomic E-state index is 12.9. The molecule has 0 fully saturated rings. The van der Waals surface area contributed by atoms with E-state index in [2.05, 4.69) is 34.2 Å². The van der Waals surface area contributed by atoms with E-state index in [1.807, 2.05) is 78.9 Å². The summed E-state index contributed by atoms with van der Waals surface area (Å²) < 4.78 is 6.21. The normalized spacial score (nSPS) is 11.2. The summed E-state index contributed by atoms with van der Waals surface area (Å²) in [4.78, 5) is 11.1. The quantitative estimate of drug-likeness (QED) is 0.227. The summed E-state index contributed by atoms with van der Waals surface area (Å²) >= 11 is 0. The number of fused-ring (bicyclic) bond motifs is 5. The molecule has 0 spiro atoms. The van der Waals surface area contributed by atoms with Crippen molar-refractivity contribution in [3.8, 4) is 45.2 Å². The van der Waals surface area contributed by atoms with Crippen LogP contribution in [0.15, 0.2) is 132 Å². The van der Waals surface area contributed by atoms with Gasteiger partial charge < -0.3 is 14.6 Å². The first kappa shape index (κ1) is 30.6. The Balaban J connectivity index is 0.00000176. The smallest absolute Gasteiger partial charge is 0.868 e. The monoisotopic (exact) mass is 595 g/mol. The van der Waals surface area contributed by atoms with E-state index >= 15 is 0 Å². The van der Waals surface area contributed by atoms with E-state index in [4.69, 9.17) is 9.40 Å². The van der Waals surface area contributed by atoms with Gasteiger partial charge in [-0.3, -0.25) is 0 Å². The van der Waals surface area contributed by atoms with Gasteiger partial charge in [-0.25, -0.2) is 15.0 Å². The van der Waals surface area contributed by atoms with Crippen molar-refractivity contribution < 1.29 is 62.3 Å². The van der Waals surface area contributed by atoms with E-state index in [9.17, 15) is 10.2 Å². The van der Waals surface area contributed by atoms with E-state index in [1.165, 1.54) is 0 Å². The SMILES string of the molecule is [Li+].[Li+].[O-]c1ccc(-c2c3ccccc3c(-c3ccc([O-])c4[nH+]cccc34)c3cc(-c4nc5ccccc5o4)ccc23)c2ccc[nH+]c12. The molecule has 0 aliphatic carbocycles. The van der Waals surface area contributed by atoms with Gasteiger partial charge in [0.15, 0.2) is 18.0 Å². The van der Waals surface area contributed by atoms with Crippen molar-refractivity contribution in [2.75, 3.05) is 0 Å². The Morgan fingerprint density at radius 3 is 1.66 bits per heavy atom. The number of rotatable bonds is 3. The van der Waals surface area contributed by atoms with Gasteiger partial charge in [0.1, 0.15) is 5.52 Å². The Hall–Kier alpha value is -5.08. The summed E-state index contributed by atoms with van der Waals surface area (Å²) in [5.41, 5.74) is 7.39. The molecule has 0 bridgehead atoms. The minimum atomic E-state index is -0.0628. The van der Waals surface area contributed by atoms with Gasteiger partial charge in [0.2, 0.25) is 16.9 Å². The molecule has 0 atom stereocenters. The molecule has 9 aromatic rings. The number of aromatic amines is 2. The molecule has 0 aliphatic rings. The fourth-order valence-electron chi connectivity index (χ4n) is 6.72. The van der Waals surface area contributed by atoms with Crippen molar-refractivity contribution in [1.29, 1.82) is 0 Å². The molecule has 0 radical (unpaired) electrons. The Bertz CT molecular complexity index is 2620. The molecule has 0 saturated carbocycles. The summed E-state index contributed by atoms with van der Waals surface area (Å²) in [6, 6.07) is 37.3. The van der Waals surface area contributed by atoms with Crippen LogP contribution >= 0.6 is 0 Å². The van der Waals surface area contributed by atoms with Crippen LogP contribution in [0.1, 0.15) is 0 Å². The number of nitrogens with zero attached hydrogens (tertiary/aromatic N) is 1. The Kier molecular flexibility index (Phi) is 7.76. The van der Waals surface area contributed by atoms with Gasteiger partial charge in [-0.1, -0.05) is 66.7 Å². The zero-order valence-electron chi connectivity index (χ0n) is 25.8. The average Bonchev–Trinajstić information content (AvgIpc) is 3.53. The van der Waals surface area contributed by atoms with Gasteiger partial charge in [0.25, 0.3) is 0 Å². The van der Waals surface area contributed by atoms with E-state index in [-0.39, 0.29) is 49.2 Å². The topological polar surface area (TPSA) is 100 Å². The van der Waals surface area contributed by atoms with Crippen LogP contribution in [0.3, 0.4) is 0 Å². The third-order valence-electron chi connectivity index (χ3n) is 8.69. The predicted octanol–water partition coefficient (Wildman–Crippen LogP) is 1.23. The molecule has 0 amide bonds. The van der Waals surface area contributed by atoms with Gasteiger partial charge >= 0.3 is 37.7 Å². The van der Waals surface area contributed by atoms with E-state index in [0.29, 0.717) is 16.9 Å². The second-order valence-corrected chi connectivity index (χ2v) is 11.2. The van der Waals surface area contributed by atoms with Gasteiger partial charge in [0.05, 0.1) is 10.8 Å². The molecular weight excluding hydrogens is 572 g/mol. The van der Waals surface area contributed by atoms with E-state index in [0.717, 1.165) is 71.2 Å². The fourth-order valence-corrected chi connectivity index (χ4v) is 6.72. The molecule has 2 N–H and O–H groups in total. The van der Waals surface area contributed by atoms with E-state index in [1.54, 1.807) is 24.5 Å². The predicted molar refractivity (Wildman–Crippen MR) is 172 cm³/mol. The summed E-state index contributed by atoms with van der Waals surface area (Å²) in [5, 5.41) is 31.5. The molecule has 0 unspecified atom stereocenters. The fraction of sp³-hybridized carbons (Fsp3) is 0. The zero-order chi connectivity index (χ0) is 30.1. The van der Waals surface area contributed by atoms with Crippen molar-refractivity contribution in [3.05, 3.63) is 128 Å². The first-order valence-corrected chi connectivity index (χ1v) is 14.7. The summed E-state index contributed by atoms with van der Waals surface area (Å²) in [5.74, 6) is 0.410. The number of pyridine rings is 2. The first-order chi connectivity index (χ1) is 22.2. The van der Waals surface area contributed by atoms with E-state index < -0.39 is 0 Å². The van der Waals surface area contributed by atoms with Gasteiger partial charge in [0, 0.05) is 17.7 Å². The molecule has 3 heterocycles. The molecule has 6 aromatic carbocycles. The largest absolute Gasteiger partial charge is 1.00 e. The van der Waals surface area contributed by atoms with Gasteiger partial charge in [-0.05, 0) is 91.7 Å². The number of nitrogens with one attached hydrogen (secondary N) is 2. The maximum Gasteiger partial charge on any atom is 1.00 e. The Labute approximate surface area is 293 Å². The third kappa shape index (κ3) is 4.78. The molecule has 212 valence electrons. The summed E-state index contributed by atoms with van der Waals surface area (Å²) in [7, 11) is 0. The average molecular weight is 596 g/mol. The zero-order valence-corrected chi connectivity index (χ0v) is 25.8. The van der Waals surface area contributed by atoms with Crippen molar-refractivity contribution in [2.45, 2.75) is 0 Å². The first-order valence-electron chi connectivity index (χ1n) is 14.7. The molecule has 6 nitrogen and oxygen atoms in total. The van der Waals surface area contributed by atoms with Crippen LogP contribution in [0.5, 0.6) is 11.5 Å². The summed E-state index contributed by atoms with van der Waals surface area (Å²) in [6.07, 6.45) is 3.56. The Morgan fingerprint density at radius 1 is 0.511 bits per heavy atom. The number of aromatic nitrogens is 3. The number of para-hydroxylation sites is 2. The minimum Gasteiger partial charge on any atom is -0.868 e. The molecule has 0 aliphatic heterocycles.